The second-order valence-corrected chi connectivity index (χ2v) is 10.8. The van der Waals surface area contributed by atoms with Gasteiger partial charge in [-0.25, -0.2) is 14.5 Å². The van der Waals surface area contributed by atoms with E-state index in [2.05, 4.69) is 56.7 Å². The van der Waals surface area contributed by atoms with Gasteiger partial charge in [0, 0.05) is 38.3 Å². The van der Waals surface area contributed by atoms with Crippen LogP contribution >= 0.6 is 0 Å². The third-order valence-corrected chi connectivity index (χ3v) is 8.27. The average Bonchev–Trinajstić information content (AvgIpc) is 2.97. The molecule has 0 bridgehead atoms. The van der Waals surface area contributed by atoms with Crippen LogP contribution in [-0.2, 0) is 6.42 Å². The standard InChI is InChI=1S/C30H40N4O3/c1-2-22-19-31-30(32-20-22)34-15-11-23(12-16-34)21-37-28-9-7-25(8-10-28)24-3-5-26(6-4-24)29(36)33-17-13-27(35)14-18-33/h3,7-10,19-20,23,26-27,35H,2,4-6,11-18,21H2,1H3/p+1. The summed E-state index contributed by atoms with van der Waals surface area (Å²) in [6, 6.07) is 8.50. The number of hydrogen-bond acceptors (Lipinski definition) is 5. The zero-order valence-corrected chi connectivity index (χ0v) is 22.1. The van der Waals surface area contributed by atoms with E-state index in [0.29, 0.717) is 11.8 Å². The fourth-order valence-corrected chi connectivity index (χ4v) is 5.66. The van der Waals surface area contributed by atoms with Crippen molar-refractivity contribution in [2.75, 3.05) is 37.7 Å². The van der Waals surface area contributed by atoms with Crippen molar-refractivity contribution in [1.29, 1.82) is 0 Å². The molecular weight excluding hydrogens is 464 g/mol. The highest BCUT2D eigenvalue weighted by Crippen LogP contribution is 2.32. The lowest BCUT2D eigenvalue weighted by Crippen LogP contribution is -2.36. The quantitative estimate of drug-likeness (QED) is 0.421. The third kappa shape index (κ3) is 6.50. The zero-order valence-electron chi connectivity index (χ0n) is 22.1. The van der Waals surface area contributed by atoms with E-state index in [4.69, 9.17) is 4.74 Å². The molecule has 37 heavy (non-hydrogen) atoms. The fraction of sp³-hybridized carbons (Fsp3) is 0.567. The molecule has 0 spiro atoms. The molecule has 2 aliphatic heterocycles. The maximum absolute atomic E-state index is 10.7. The zero-order chi connectivity index (χ0) is 25.6. The van der Waals surface area contributed by atoms with E-state index in [1.807, 2.05) is 12.4 Å². The van der Waals surface area contributed by atoms with Crippen LogP contribution in [-0.4, -0.2) is 69.5 Å². The summed E-state index contributed by atoms with van der Waals surface area (Å²) in [5.41, 5.74) is 3.77. The maximum Gasteiger partial charge on any atom is 0.337 e. The first kappa shape index (κ1) is 25.7. The van der Waals surface area contributed by atoms with Gasteiger partial charge in [-0.3, -0.25) is 0 Å². The number of allylic oxidation sites excluding steroid dienone is 2. The minimum Gasteiger partial charge on any atom is -0.493 e. The Morgan fingerprint density at radius 2 is 1.73 bits per heavy atom. The smallest absolute Gasteiger partial charge is 0.337 e. The van der Waals surface area contributed by atoms with Crippen molar-refractivity contribution in [2.45, 2.75) is 64.4 Å². The van der Waals surface area contributed by atoms with Gasteiger partial charge >= 0.3 is 5.90 Å². The Labute approximate surface area is 220 Å². The Balaban J connectivity index is 1.07. The van der Waals surface area contributed by atoms with Gasteiger partial charge < -0.3 is 19.8 Å². The van der Waals surface area contributed by atoms with Crippen molar-refractivity contribution in [3.63, 3.8) is 0 Å². The third-order valence-electron chi connectivity index (χ3n) is 8.27. The number of ether oxygens (including phenoxy) is 1. The van der Waals surface area contributed by atoms with Crippen LogP contribution in [0.4, 0.5) is 5.95 Å². The van der Waals surface area contributed by atoms with Crippen LogP contribution in [0.1, 0.15) is 63.0 Å². The van der Waals surface area contributed by atoms with E-state index < -0.39 is 0 Å². The predicted molar refractivity (Wildman–Crippen MR) is 146 cm³/mol. The summed E-state index contributed by atoms with van der Waals surface area (Å²) in [7, 11) is 0. The van der Waals surface area contributed by atoms with Gasteiger partial charge in [0.2, 0.25) is 5.95 Å². The number of nitrogens with zero attached hydrogens (tertiary/aromatic N) is 4. The largest absolute Gasteiger partial charge is 0.493 e. The van der Waals surface area contributed by atoms with Crippen LogP contribution in [0.2, 0.25) is 0 Å². The molecule has 2 saturated heterocycles. The van der Waals surface area contributed by atoms with Gasteiger partial charge in [-0.15, -0.1) is 0 Å². The molecule has 2 N–H and O–H groups in total. The molecule has 0 amide bonds. The SMILES string of the molecule is CCc1cnc(N2CCC(COc3ccc(C4=CCC(C(O)=[N+]5CCC(O)CC5)CC4)cc3)CC2)nc1. The second-order valence-electron chi connectivity index (χ2n) is 10.8. The van der Waals surface area contributed by atoms with Gasteiger partial charge in [-0.2, -0.15) is 0 Å². The van der Waals surface area contributed by atoms with E-state index in [1.54, 1.807) is 0 Å². The molecule has 0 radical (unpaired) electrons. The Hall–Kier alpha value is -2.93. The predicted octanol–water partition coefficient (Wildman–Crippen LogP) is 4.64. The number of rotatable bonds is 7. The Morgan fingerprint density at radius 1 is 1.03 bits per heavy atom. The molecular formula is C30H41N4O3+. The van der Waals surface area contributed by atoms with Crippen molar-refractivity contribution in [1.82, 2.24) is 9.97 Å². The van der Waals surface area contributed by atoms with Crippen molar-refractivity contribution in [3.8, 4) is 5.75 Å². The maximum atomic E-state index is 10.7. The molecule has 1 aliphatic carbocycles. The molecule has 1 atom stereocenters. The van der Waals surface area contributed by atoms with E-state index >= 15 is 0 Å². The Kier molecular flexibility index (Phi) is 8.39. The molecule has 3 heterocycles. The van der Waals surface area contributed by atoms with Crippen LogP contribution in [0.15, 0.2) is 42.7 Å². The number of aryl methyl sites for hydroxylation is 1. The molecule has 7 nitrogen and oxygen atoms in total. The molecule has 1 unspecified atom stereocenters. The van der Waals surface area contributed by atoms with Gasteiger partial charge in [-0.1, -0.05) is 25.1 Å². The van der Waals surface area contributed by atoms with Gasteiger partial charge in [0.15, 0.2) is 0 Å². The summed E-state index contributed by atoms with van der Waals surface area (Å²) < 4.78 is 8.21. The van der Waals surface area contributed by atoms with Crippen molar-refractivity contribution in [3.05, 3.63) is 53.9 Å². The van der Waals surface area contributed by atoms with Crippen LogP contribution in [0.3, 0.4) is 0 Å². The molecule has 198 valence electrons. The number of aliphatic hydroxyl groups is 2. The summed E-state index contributed by atoms with van der Waals surface area (Å²) in [6.45, 7) is 6.32. The van der Waals surface area contributed by atoms with E-state index in [-0.39, 0.29) is 12.0 Å². The molecule has 2 aromatic rings. The Bertz CT molecular complexity index is 1080. The first-order chi connectivity index (χ1) is 18.1. The van der Waals surface area contributed by atoms with Gasteiger partial charge in [-0.05, 0) is 73.3 Å². The second kappa shape index (κ2) is 12.1. The lowest BCUT2D eigenvalue weighted by Gasteiger charge is -2.31. The molecule has 7 heteroatoms. The van der Waals surface area contributed by atoms with E-state index in [0.717, 1.165) is 95.9 Å². The summed E-state index contributed by atoms with van der Waals surface area (Å²) >= 11 is 0. The first-order valence-corrected chi connectivity index (χ1v) is 14.1. The van der Waals surface area contributed by atoms with E-state index in [1.165, 1.54) is 16.7 Å². The van der Waals surface area contributed by atoms with Crippen molar-refractivity contribution in [2.24, 2.45) is 11.8 Å². The fourth-order valence-electron chi connectivity index (χ4n) is 5.66. The molecule has 0 saturated carbocycles. The lowest BCUT2D eigenvalue weighted by atomic mass is 9.86. The number of hydrogen-bond donors (Lipinski definition) is 2. The lowest BCUT2D eigenvalue weighted by molar-refractivity contribution is -0.551. The minimum absolute atomic E-state index is 0.190. The highest BCUT2D eigenvalue weighted by Gasteiger charge is 2.30. The van der Waals surface area contributed by atoms with Crippen LogP contribution in [0.25, 0.3) is 5.57 Å². The minimum atomic E-state index is -0.217. The summed E-state index contributed by atoms with van der Waals surface area (Å²) in [4.78, 5) is 11.3. The number of benzene rings is 1. The molecule has 1 aromatic carbocycles. The summed E-state index contributed by atoms with van der Waals surface area (Å²) in [5.74, 6) is 3.03. The molecule has 3 aliphatic rings. The van der Waals surface area contributed by atoms with Gasteiger partial charge in [0.1, 0.15) is 18.8 Å². The topological polar surface area (TPSA) is 81.7 Å². The number of piperidine rings is 2. The molecule has 2 fully saturated rings. The molecule has 1 aromatic heterocycles. The Morgan fingerprint density at radius 3 is 2.35 bits per heavy atom. The first-order valence-electron chi connectivity index (χ1n) is 14.1. The number of aliphatic hydroxyl groups excluding tert-OH is 2. The van der Waals surface area contributed by atoms with Crippen molar-refractivity contribution >= 4 is 17.4 Å². The summed E-state index contributed by atoms with van der Waals surface area (Å²) in [6.07, 6.45) is 13.4. The number of anilines is 1. The highest BCUT2D eigenvalue weighted by molar-refractivity contribution is 5.75. The van der Waals surface area contributed by atoms with Gasteiger partial charge in [0.25, 0.3) is 0 Å². The monoisotopic (exact) mass is 505 g/mol. The number of aromatic nitrogens is 2. The van der Waals surface area contributed by atoms with Gasteiger partial charge in [0.05, 0.1) is 18.6 Å². The van der Waals surface area contributed by atoms with E-state index in [9.17, 15) is 10.2 Å². The summed E-state index contributed by atoms with van der Waals surface area (Å²) in [5, 5.41) is 20.5. The average molecular weight is 506 g/mol. The highest BCUT2D eigenvalue weighted by atomic mass is 16.5. The van der Waals surface area contributed by atoms with Crippen molar-refractivity contribution < 1.29 is 19.5 Å². The molecule has 5 rings (SSSR count). The van der Waals surface area contributed by atoms with Crippen LogP contribution in [0, 0.1) is 11.8 Å². The van der Waals surface area contributed by atoms with Crippen LogP contribution < -0.4 is 9.64 Å². The van der Waals surface area contributed by atoms with Crippen LogP contribution in [0.5, 0.6) is 5.75 Å². The normalized spacial score (nSPS) is 23.0.